The third kappa shape index (κ3) is 4.67. The maximum Gasteiger partial charge on any atom is 0.416 e. The van der Waals surface area contributed by atoms with Gasteiger partial charge in [0, 0.05) is 13.2 Å². The molecule has 23 heavy (non-hydrogen) atoms. The van der Waals surface area contributed by atoms with E-state index in [2.05, 4.69) is 0 Å². The Labute approximate surface area is 135 Å². The van der Waals surface area contributed by atoms with E-state index in [4.69, 9.17) is 8.85 Å². The molecular formula is C17H19F3O2Si. The van der Waals surface area contributed by atoms with Crippen molar-refractivity contribution >= 4 is 14.5 Å². The molecule has 0 spiro atoms. The van der Waals surface area contributed by atoms with E-state index in [1.807, 2.05) is 38.1 Å². The van der Waals surface area contributed by atoms with Crippen molar-refractivity contribution < 1.29 is 22.0 Å². The summed E-state index contributed by atoms with van der Waals surface area (Å²) in [6, 6.07) is 12.8. The van der Waals surface area contributed by atoms with Crippen LogP contribution in [0.1, 0.15) is 19.4 Å². The highest BCUT2D eigenvalue weighted by molar-refractivity contribution is 6.61. The lowest BCUT2D eigenvalue weighted by Crippen LogP contribution is -2.36. The molecule has 0 fully saturated rings. The van der Waals surface area contributed by atoms with Gasteiger partial charge in [-0.15, -0.1) is 0 Å². The summed E-state index contributed by atoms with van der Waals surface area (Å²) < 4.78 is 49.1. The van der Waals surface area contributed by atoms with Crippen molar-refractivity contribution in [3.8, 4) is 11.1 Å². The second kappa shape index (κ2) is 7.76. The lowest BCUT2D eigenvalue weighted by molar-refractivity contribution is -0.137. The molecule has 0 radical (unpaired) electrons. The first kappa shape index (κ1) is 17.7. The van der Waals surface area contributed by atoms with Crippen LogP contribution < -0.4 is 5.19 Å². The molecule has 2 aromatic rings. The zero-order valence-electron chi connectivity index (χ0n) is 13.1. The van der Waals surface area contributed by atoms with Gasteiger partial charge in [-0.3, -0.25) is 0 Å². The first-order valence-electron chi connectivity index (χ1n) is 7.46. The monoisotopic (exact) mass is 340 g/mol. The normalized spacial score (nSPS) is 11.9. The molecule has 0 atom stereocenters. The molecule has 0 aliphatic carbocycles. The van der Waals surface area contributed by atoms with Crippen LogP contribution in [0.5, 0.6) is 0 Å². The molecule has 0 N–H and O–H groups in total. The van der Waals surface area contributed by atoms with E-state index < -0.39 is 21.0 Å². The Hall–Kier alpha value is -1.63. The Morgan fingerprint density at radius 3 is 1.61 bits per heavy atom. The topological polar surface area (TPSA) is 18.5 Å². The molecule has 0 saturated heterocycles. The molecule has 0 bridgehead atoms. The fourth-order valence-corrected chi connectivity index (χ4v) is 3.82. The molecule has 0 aliphatic heterocycles. The molecular weight excluding hydrogens is 321 g/mol. The molecule has 0 aliphatic rings. The van der Waals surface area contributed by atoms with E-state index in [1.54, 1.807) is 0 Å². The summed E-state index contributed by atoms with van der Waals surface area (Å²) in [4.78, 5) is 0. The Kier molecular flexibility index (Phi) is 5.98. The van der Waals surface area contributed by atoms with Crippen molar-refractivity contribution in [3.63, 3.8) is 0 Å². The summed E-state index contributed by atoms with van der Waals surface area (Å²) in [5.41, 5.74) is 0.969. The number of benzene rings is 2. The minimum Gasteiger partial charge on any atom is -0.394 e. The summed E-state index contributed by atoms with van der Waals surface area (Å²) in [5, 5.41) is 1.02. The molecule has 6 heteroatoms. The van der Waals surface area contributed by atoms with Crippen molar-refractivity contribution in [1.82, 2.24) is 0 Å². The maximum absolute atomic E-state index is 12.6. The third-order valence-corrected chi connectivity index (χ3v) is 5.57. The van der Waals surface area contributed by atoms with Gasteiger partial charge in [-0.2, -0.15) is 13.2 Å². The molecule has 0 amide bonds. The highest BCUT2D eigenvalue weighted by atomic mass is 28.3. The predicted octanol–water partition coefficient (Wildman–Crippen LogP) is 3.87. The molecule has 0 aromatic heterocycles. The van der Waals surface area contributed by atoms with E-state index in [0.29, 0.717) is 13.2 Å². The van der Waals surface area contributed by atoms with Crippen molar-refractivity contribution in [3.05, 3.63) is 54.1 Å². The van der Waals surface area contributed by atoms with Crippen molar-refractivity contribution in [1.29, 1.82) is 0 Å². The van der Waals surface area contributed by atoms with Gasteiger partial charge >= 0.3 is 15.5 Å². The van der Waals surface area contributed by atoms with Crippen molar-refractivity contribution in [2.24, 2.45) is 0 Å². The summed E-state index contributed by atoms with van der Waals surface area (Å²) in [6.07, 6.45) is -4.31. The van der Waals surface area contributed by atoms with Crippen LogP contribution in [-0.2, 0) is 15.0 Å². The number of halogens is 3. The summed E-state index contributed by atoms with van der Waals surface area (Å²) in [5.74, 6) is 0. The fourth-order valence-electron chi connectivity index (χ4n) is 2.23. The van der Waals surface area contributed by atoms with E-state index in [-0.39, 0.29) is 0 Å². The zero-order valence-corrected chi connectivity index (χ0v) is 14.2. The van der Waals surface area contributed by atoms with Crippen LogP contribution in [-0.4, -0.2) is 22.5 Å². The highest BCUT2D eigenvalue weighted by Gasteiger charge is 2.29. The SMILES string of the molecule is CCO[SiH](OCC)c1ccc(-c2ccc(C(F)(F)F)cc2)cc1. The van der Waals surface area contributed by atoms with Crippen LogP contribution in [0.4, 0.5) is 13.2 Å². The minimum absolute atomic E-state index is 0.595. The smallest absolute Gasteiger partial charge is 0.394 e. The van der Waals surface area contributed by atoms with Gasteiger partial charge in [0.15, 0.2) is 0 Å². The largest absolute Gasteiger partial charge is 0.416 e. The quantitative estimate of drug-likeness (QED) is 0.743. The number of hydrogen-bond acceptors (Lipinski definition) is 2. The molecule has 2 aromatic carbocycles. The molecule has 124 valence electrons. The van der Waals surface area contributed by atoms with Crippen LogP contribution in [0, 0.1) is 0 Å². The highest BCUT2D eigenvalue weighted by Crippen LogP contribution is 2.30. The van der Waals surface area contributed by atoms with Gasteiger partial charge in [0.25, 0.3) is 0 Å². The third-order valence-electron chi connectivity index (χ3n) is 3.36. The molecule has 0 saturated carbocycles. The lowest BCUT2D eigenvalue weighted by Gasteiger charge is -2.15. The van der Waals surface area contributed by atoms with Gasteiger partial charge in [-0.05, 0) is 42.3 Å². The van der Waals surface area contributed by atoms with E-state index in [0.717, 1.165) is 28.4 Å². The van der Waals surface area contributed by atoms with E-state index in [1.165, 1.54) is 12.1 Å². The fraction of sp³-hybridized carbons (Fsp3) is 0.294. The standard InChI is InChI=1S/C17H19F3O2Si/c1-3-21-23(22-4-2)16-11-7-14(8-12-16)13-5-9-15(10-6-13)17(18,19)20/h5-12,23H,3-4H2,1-2H3. The summed E-state index contributed by atoms with van der Waals surface area (Å²) >= 11 is 0. The van der Waals surface area contributed by atoms with Crippen molar-refractivity contribution in [2.75, 3.05) is 13.2 Å². The second-order valence-corrected chi connectivity index (χ2v) is 6.94. The summed E-state index contributed by atoms with van der Waals surface area (Å²) in [6.45, 7) is 5.04. The van der Waals surface area contributed by atoms with Gasteiger partial charge in [0.2, 0.25) is 0 Å². The van der Waals surface area contributed by atoms with Gasteiger partial charge in [-0.1, -0.05) is 36.4 Å². The molecule has 2 rings (SSSR count). The van der Waals surface area contributed by atoms with Gasteiger partial charge in [-0.25, -0.2) is 0 Å². The predicted molar refractivity (Wildman–Crippen MR) is 86.9 cm³/mol. The Balaban J connectivity index is 2.18. The van der Waals surface area contributed by atoms with Gasteiger partial charge in [0.05, 0.1) is 5.56 Å². The average Bonchev–Trinajstić information content (AvgIpc) is 2.54. The van der Waals surface area contributed by atoms with Crippen LogP contribution in [0.25, 0.3) is 11.1 Å². The average molecular weight is 340 g/mol. The molecule has 2 nitrogen and oxygen atoms in total. The first-order valence-corrected chi connectivity index (χ1v) is 8.98. The number of alkyl halides is 3. The molecule has 0 unspecified atom stereocenters. The lowest BCUT2D eigenvalue weighted by atomic mass is 10.0. The van der Waals surface area contributed by atoms with Crippen LogP contribution in [0.2, 0.25) is 0 Å². The van der Waals surface area contributed by atoms with E-state index >= 15 is 0 Å². The maximum atomic E-state index is 12.6. The number of rotatable bonds is 6. The Bertz CT molecular complexity index is 603. The van der Waals surface area contributed by atoms with Crippen LogP contribution in [0.15, 0.2) is 48.5 Å². The Morgan fingerprint density at radius 1 is 0.783 bits per heavy atom. The first-order chi connectivity index (χ1) is 11.0. The zero-order chi connectivity index (χ0) is 16.9. The van der Waals surface area contributed by atoms with Gasteiger partial charge < -0.3 is 8.85 Å². The Morgan fingerprint density at radius 2 is 1.22 bits per heavy atom. The van der Waals surface area contributed by atoms with Crippen LogP contribution >= 0.6 is 0 Å². The number of hydrogen-bond donors (Lipinski definition) is 0. The second-order valence-electron chi connectivity index (χ2n) is 4.94. The minimum atomic E-state index is -4.31. The van der Waals surface area contributed by atoms with Crippen molar-refractivity contribution in [2.45, 2.75) is 20.0 Å². The van der Waals surface area contributed by atoms with Gasteiger partial charge in [0.1, 0.15) is 0 Å². The van der Waals surface area contributed by atoms with E-state index in [9.17, 15) is 13.2 Å². The molecule has 0 heterocycles. The summed E-state index contributed by atoms with van der Waals surface area (Å²) in [7, 11) is -1.89. The van der Waals surface area contributed by atoms with Crippen LogP contribution in [0.3, 0.4) is 0 Å².